The van der Waals surface area contributed by atoms with Crippen molar-refractivity contribution in [2.45, 2.75) is 51.1 Å². The summed E-state index contributed by atoms with van der Waals surface area (Å²) in [5.41, 5.74) is 3.40. The van der Waals surface area contributed by atoms with Crippen molar-refractivity contribution in [3.63, 3.8) is 0 Å². The molecule has 0 aromatic carbocycles. The monoisotopic (exact) mass is 476 g/mol. The summed E-state index contributed by atoms with van der Waals surface area (Å²) in [4.78, 5) is 26.6. The number of hydrogen-bond acceptors (Lipinski definition) is 6. The molecule has 5 rings (SSSR count). The van der Waals surface area contributed by atoms with E-state index in [1.807, 2.05) is 29.2 Å². The standard InChI is InChI=1S/C26H36N8O/c1-26(8-3-4-9-26)31-25(35)30-24-7-6-22-23(29-24)16-20(17-27-22)21-18-28-34(19-21)11-5-10-33-14-12-32(2)13-15-33/h6-7,16-19H,3-5,8-15H2,1-2H3,(H2,29,30,31,35). The Morgan fingerprint density at radius 2 is 1.83 bits per heavy atom. The Kier molecular flexibility index (Phi) is 6.97. The summed E-state index contributed by atoms with van der Waals surface area (Å²) in [6.07, 6.45) is 11.2. The van der Waals surface area contributed by atoms with Crippen molar-refractivity contribution in [3.8, 4) is 11.1 Å². The highest BCUT2D eigenvalue weighted by atomic mass is 16.2. The number of pyridine rings is 2. The Balaban J connectivity index is 1.20. The smallest absolute Gasteiger partial charge is 0.320 e. The summed E-state index contributed by atoms with van der Waals surface area (Å²) >= 11 is 0. The van der Waals surface area contributed by atoms with Crippen LogP contribution in [0, 0.1) is 0 Å². The van der Waals surface area contributed by atoms with Crippen LogP contribution in [0.15, 0.2) is 36.8 Å². The molecule has 1 aliphatic carbocycles. The summed E-state index contributed by atoms with van der Waals surface area (Å²) in [7, 11) is 2.19. The van der Waals surface area contributed by atoms with Crippen LogP contribution < -0.4 is 10.6 Å². The van der Waals surface area contributed by atoms with Gasteiger partial charge in [-0.25, -0.2) is 9.78 Å². The molecule has 4 heterocycles. The normalized spacial score (nSPS) is 18.7. The van der Waals surface area contributed by atoms with Crippen molar-refractivity contribution in [3.05, 3.63) is 36.8 Å². The van der Waals surface area contributed by atoms with Crippen LogP contribution in [0.2, 0.25) is 0 Å². The maximum Gasteiger partial charge on any atom is 0.320 e. The van der Waals surface area contributed by atoms with Gasteiger partial charge in [0.1, 0.15) is 5.82 Å². The number of piperazine rings is 1. The van der Waals surface area contributed by atoms with Gasteiger partial charge in [-0.1, -0.05) is 12.8 Å². The first kappa shape index (κ1) is 23.7. The van der Waals surface area contributed by atoms with E-state index >= 15 is 0 Å². The number of aromatic nitrogens is 4. The van der Waals surface area contributed by atoms with Gasteiger partial charge in [0.05, 0.1) is 17.2 Å². The zero-order chi connectivity index (χ0) is 24.3. The quantitative estimate of drug-likeness (QED) is 0.542. The fourth-order valence-electron chi connectivity index (χ4n) is 5.10. The predicted molar refractivity (Wildman–Crippen MR) is 138 cm³/mol. The minimum atomic E-state index is -0.205. The number of amides is 2. The number of rotatable bonds is 7. The molecule has 2 N–H and O–H groups in total. The van der Waals surface area contributed by atoms with Gasteiger partial charge in [-0.3, -0.25) is 15.0 Å². The van der Waals surface area contributed by atoms with Gasteiger partial charge in [-0.2, -0.15) is 5.10 Å². The van der Waals surface area contributed by atoms with Gasteiger partial charge in [0.15, 0.2) is 0 Å². The number of carbonyl (C=O) groups excluding carboxylic acids is 1. The molecular weight excluding hydrogens is 440 g/mol. The molecular formula is C26H36N8O. The maximum atomic E-state index is 12.5. The minimum Gasteiger partial charge on any atom is -0.333 e. The molecule has 9 nitrogen and oxygen atoms in total. The summed E-state index contributed by atoms with van der Waals surface area (Å²) in [6, 6.07) is 5.49. The molecule has 1 saturated carbocycles. The molecule has 9 heteroatoms. The van der Waals surface area contributed by atoms with Crippen molar-refractivity contribution in [1.82, 2.24) is 34.9 Å². The van der Waals surface area contributed by atoms with E-state index in [0.29, 0.717) is 5.82 Å². The molecule has 0 radical (unpaired) electrons. The first-order valence-electron chi connectivity index (χ1n) is 12.8. The van der Waals surface area contributed by atoms with E-state index in [4.69, 9.17) is 0 Å². The number of likely N-dealkylation sites (N-methyl/N-ethyl adjacent to an activating group) is 1. The number of urea groups is 1. The summed E-state index contributed by atoms with van der Waals surface area (Å²) in [6.45, 7) is 8.70. The largest absolute Gasteiger partial charge is 0.333 e. The number of aryl methyl sites for hydroxylation is 1. The lowest BCUT2D eigenvalue weighted by molar-refractivity contribution is 0.151. The van der Waals surface area contributed by atoms with Gasteiger partial charge in [-0.05, 0) is 58.0 Å². The fraction of sp³-hybridized carbons (Fsp3) is 0.538. The van der Waals surface area contributed by atoms with Crippen molar-refractivity contribution in [2.24, 2.45) is 0 Å². The summed E-state index contributed by atoms with van der Waals surface area (Å²) in [5.74, 6) is 0.523. The number of anilines is 1. The molecule has 1 aliphatic heterocycles. The molecule has 2 amide bonds. The van der Waals surface area contributed by atoms with Crippen LogP contribution in [0.1, 0.15) is 39.0 Å². The molecule has 2 aliphatic rings. The molecule has 186 valence electrons. The van der Waals surface area contributed by atoms with Crippen LogP contribution in [0.5, 0.6) is 0 Å². The lowest BCUT2D eigenvalue weighted by Crippen LogP contribution is -2.45. The molecule has 3 aromatic rings. The minimum absolute atomic E-state index is 0.125. The average Bonchev–Trinajstić information content (AvgIpc) is 3.49. The summed E-state index contributed by atoms with van der Waals surface area (Å²) < 4.78 is 2.01. The zero-order valence-corrected chi connectivity index (χ0v) is 20.8. The third-order valence-electron chi connectivity index (χ3n) is 7.33. The topological polar surface area (TPSA) is 91.2 Å². The Morgan fingerprint density at radius 1 is 1.03 bits per heavy atom. The number of nitrogens with zero attached hydrogens (tertiary/aromatic N) is 6. The van der Waals surface area contributed by atoms with Gasteiger partial charge in [0, 0.05) is 61.8 Å². The summed E-state index contributed by atoms with van der Waals surface area (Å²) in [5, 5.41) is 10.6. The second-order valence-electron chi connectivity index (χ2n) is 10.3. The van der Waals surface area contributed by atoms with E-state index in [9.17, 15) is 4.79 Å². The molecule has 0 spiro atoms. The van der Waals surface area contributed by atoms with E-state index < -0.39 is 0 Å². The highest BCUT2D eigenvalue weighted by Gasteiger charge is 2.30. The van der Waals surface area contributed by atoms with Crippen LogP contribution in [-0.4, -0.2) is 80.9 Å². The third-order valence-corrected chi connectivity index (χ3v) is 7.33. The van der Waals surface area contributed by atoms with Gasteiger partial charge in [0.25, 0.3) is 0 Å². The molecule has 0 bridgehead atoms. The number of hydrogen-bond donors (Lipinski definition) is 2. The van der Waals surface area contributed by atoms with Crippen molar-refractivity contribution in [2.75, 3.05) is 45.1 Å². The molecule has 1 saturated heterocycles. The molecule has 3 aromatic heterocycles. The SMILES string of the molecule is CN1CCN(CCCn2cc(-c3cnc4ccc(NC(=O)NC5(C)CCCC5)nc4c3)cn2)CC1. The van der Waals surface area contributed by atoms with E-state index in [2.05, 4.69) is 55.7 Å². The van der Waals surface area contributed by atoms with Crippen molar-refractivity contribution < 1.29 is 4.79 Å². The van der Waals surface area contributed by atoms with Crippen LogP contribution >= 0.6 is 0 Å². The van der Waals surface area contributed by atoms with E-state index in [-0.39, 0.29) is 11.6 Å². The molecule has 0 atom stereocenters. The Morgan fingerprint density at radius 3 is 2.63 bits per heavy atom. The third kappa shape index (κ3) is 5.97. The maximum absolute atomic E-state index is 12.5. The molecule has 2 fully saturated rings. The second-order valence-corrected chi connectivity index (χ2v) is 10.3. The van der Waals surface area contributed by atoms with E-state index in [1.165, 1.54) is 0 Å². The van der Waals surface area contributed by atoms with Crippen molar-refractivity contribution in [1.29, 1.82) is 0 Å². The van der Waals surface area contributed by atoms with Crippen molar-refractivity contribution >= 4 is 22.9 Å². The van der Waals surface area contributed by atoms with E-state index in [0.717, 1.165) is 93.5 Å². The lowest BCUT2D eigenvalue weighted by Gasteiger charge is -2.32. The van der Waals surface area contributed by atoms with Crippen LogP contribution in [0.3, 0.4) is 0 Å². The molecule has 35 heavy (non-hydrogen) atoms. The number of carbonyl (C=O) groups is 1. The first-order chi connectivity index (χ1) is 17.0. The first-order valence-corrected chi connectivity index (χ1v) is 12.8. The van der Waals surface area contributed by atoms with Gasteiger partial charge in [0.2, 0.25) is 0 Å². The highest BCUT2D eigenvalue weighted by molar-refractivity contribution is 5.90. The highest BCUT2D eigenvalue weighted by Crippen LogP contribution is 2.29. The van der Waals surface area contributed by atoms with E-state index in [1.54, 1.807) is 6.07 Å². The van der Waals surface area contributed by atoms with Gasteiger partial charge < -0.3 is 15.1 Å². The lowest BCUT2D eigenvalue weighted by atomic mass is 10.0. The average molecular weight is 477 g/mol. The van der Waals surface area contributed by atoms with Gasteiger partial charge >= 0.3 is 6.03 Å². The number of fused-ring (bicyclic) bond motifs is 1. The zero-order valence-electron chi connectivity index (χ0n) is 20.8. The predicted octanol–water partition coefficient (Wildman–Crippen LogP) is 3.59. The van der Waals surface area contributed by atoms with Crippen LogP contribution in [-0.2, 0) is 6.54 Å². The number of nitrogens with one attached hydrogen (secondary N) is 2. The van der Waals surface area contributed by atoms with Crippen LogP contribution in [0.4, 0.5) is 10.6 Å². The molecule has 0 unspecified atom stereocenters. The second kappa shape index (κ2) is 10.3. The van der Waals surface area contributed by atoms with Gasteiger partial charge in [-0.15, -0.1) is 0 Å². The fourth-order valence-corrected chi connectivity index (χ4v) is 5.10. The van der Waals surface area contributed by atoms with Crippen LogP contribution in [0.25, 0.3) is 22.2 Å². The Hall–Kier alpha value is -3.04. The Bertz CT molecular complexity index is 1160. The Labute approximate surface area is 206 Å².